The van der Waals surface area contributed by atoms with Gasteiger partial charge in [0.2, 0.25) is 11.8 Å². The molecule has 9 heteroatoms. The second-order valence-electron chi connectivity index (χ2n) is 8.13. The van der Waals surface area contributed by atoms with Crippen LogP contribution in [0.5, 0.6) is 5.75 Å². The number of fused-ring (bicyclic) bond motifs is 1. The Labute approximate surface area is 210 Å². The monoisotopic (exact) mass is 489 g/mol. The summed E-state index contributed by atoms with van der Waals surface area (Å²) in [6.07, 6.45) is 0. The fourth-order valence-corrected chi connectivity index (χ4v) is 3.84. The Balaban J connectivity index is 1.16. The lowest BCUT2D eigenvalue weighted by Gasteiger charge is -2.04. The molecule has 4 aromatic carbocycles. The Morgan fingerprint density at radius 1 is 0.703 bits per heavy atom. The van der Waals surface area contributed by atoms with Crippen LogP contribution in [-0.4, -0.2) is 38.4 Å². The van der Waals surface area contributed by atoms with E-state index in [2.05, 4.69) is 20.5 Å². The number of rotatable bonds is 6. The quantitative estimate of drug-likeness (QED) is 0.298. The molecule has 0 amide bonds. The number of benzene rings is 4. The summed E-state index contributed by atoms with van der Waals surface area (Å²) < 4.78 is 11.1. The van der Waals surface area contributed by atoms with Crippen molar-refractivity contribution in [2.45, 2.75) is 0 Å². The van der Waals surface area contributed by atoms with Gasteiger partial charge in [0.25, 0.3) is 0 Å². The molecule has 0 saturated carbocycles. The highest BCUT2D eigenvalue weighted by Gasteiger charge is 2.15. The summed E-state index contributed by atoms with van der Waals surface area (Å²) >= 11 is 0. The molecule has 0 N–H and O–H groups in total. The maximum atomic E-state index is 12.6. The molecule has 37 heavy (non-hydrogen) atoms. The van der Waals surface area contributed by atoms with Crippen molar-refractivity contribution in [3.8, 4) is 39.8 Å². The van der Waals surface area contributed by atoms with Crippen molar-refractivity contribution in [2.75, 3.05) is 7.11 Å². The first-order valence-electron chi connectivity index (χ1n) is 11.4. The van der Waals surface area contributed by atoms with Crippen LogP contribution in [-0.2, 0) is 0 Å². The second-order valence-corrected chi connectivity index (χ2v) is 8.13. The van der Waals surface area contributed by atoms with Crippen molar-refractivity contribution < 1.29 is 18.8 Å². The van der Waals surface area contributed by atoms with Crippen LogP contribution in [0, 0.1) is 0 Å². The van der Waals surface area contributed by atoms with E-state index in [4.69, 9.17) is 14.0 Å². The summed E-state index contributed by atoms with van der Waals surface area (Å²) in [5.41, 5.74) is 5.20. The van der Waals surface area contributed by atoms with Gasteiger partial charge in [-0.15, -0.1) is 15.3 Å². The molecule has 0 atom stereocenters. The average molecular weight is 489 g/mol. The Morgan fingerprint density at radius 3 is 1.92 bits per heavy atom. The van der Waals surface area contributed by atoms with Crippen molar-refractivity contribution in [1.82, 2.24) is 25.4 Å². The number of methoxy groups -OCH3 is 1. The average Bonchev–Trinajstić information content (AvgIpc) is 3.61. The van der Waals surface area contributed by atoms with Crippen molar-refractivity contribution in [3.63, 3.8) is 0 Å². The summed E-state index contributed by atoms with van der Waals surface area (Å²) in [5, 5.41) is 16.2. The van der Waals surface area contributed by atoms with E-state index in [0.29, 0.717) is 33.9 Å². The minimum absolute atomic E-state index is 0.344. The molecule has 0 saturated heterocycles. The fraction of sp³-hybridized carbons (Fsp3) is 0.0357. The third-order valence-corrected chi connectivity index (χ3v) is 5.84. The van der Waals surface area contributed by atoms with Gasteiger partial charge in [-0.05, 0) is 77.0 Å². The van der Waals surface area contributed by atoms with Gasteiger partial charge < -0.3 is 14.0 Å². The smallest absolute Gasteiger partial charge is 0.365 e. The van der Waals surface area contributed by atoms with E-state index in [1.807, 2.05) is 60.7 Å². The van der Waals surface area contributed by atoms with Crippen molar-refractivity contribution >= 4 is 17.0 Å². The van der Waals surface area contributed by atoms with Gasteiger partial charge in [-0.2, -0.15) is 0 Å². The Hall–Kier alpha value is -5.31. The molecule has 0 aliphatic heterocycles. The van der Waals surface area contributed by atoms with E-state index in [-0.39, 0.29) is 0 Å². The molecule has 0 aliphatic rings. The molecule has 0 spiro atoms. The van der Waals surface area contributed by atoms with Crippen LogP contribution in [0.4, 0.5) is 0 Å². The zero-order valence-electron chi connectivity index (χ0n) is 19.6. The number of ether oxygens (including phenoxy) is 1. The van der Waals surface area contributed by atoms with Gasteiger partial charge in [-0.3, -0.25) is 0 Å². The lowest BCUT2D eigenvalue weighted by Crippen LogP contribution is -2.20. The Bertz CT molecular complexity index is 1690. The maximum Gasteiger partial charge on any atom is 0.365 e. The molecule has 0 bridgehead atoms. The molecule has 180 valence electrons. The first-order valence-corrected chi connectivity index (χ1v) is 11.4. The van der Waals surface area contributed by atoms with E-state index in [1.165, 1.54) is 0 Å². The summed E-state index contributed by atoms with van der Waals surface area (Å²) in [7, 11) is 1.65. The Morgan fingerprint density at radius 2 is 1.27 bits per heavy atom. The van der Waals surface area contributed by atoms with E-state index in [9.17, 15) is 4.79 Å². The molecule has 9 nitrogen and oxygen atoms in total. The van der Waals surface area contributed by atoms with Crippen LogP contribution in [0.15, 0.2) is 101 Å². The zero-order valence-corrected chi connectivity index (χ0v) is 19.6. The number of carbonyl (C=O) groups is 1. The van der Waals surface area contributed by atoms with Crippen molar-refractivity contribution in [2.24, 2.45) is 0 Å². The third-order valence-electron chi connectivity index (χ3n) is 5.84. The van der Waals surface area contributed by atoms with Crippen molar-refractivity contribution in [1.29, 1.82) is 0 Å². The van der Waals surface area contributed by atoms with Gasteiger partial charge in [-0.1, -0.05) is 41.2 Å². The maximum absolute atomic E-state index is 12.6. The van der Waals surface area contributed by atoms with Gasteiger partial charge in [0.15, 0.2) is 0 Å². The van der Waals surface area contributed by atoms with Gasteiger partial charge in [0, 0.05) is 11.1 Å². The van der Waals surface area contributed by atoms with Crippen LogP contribution in [0.1, 0.15) is 10.4 Å². The summed E-state index contributed by atoms with van der Waals surface area (Å²) in [6, 6.07) is 29.6. The molecule has 0 aliphatic carbocycles. The van der Waals surface area contributed by atoms with Crippen LogP contribution >= 0.6 is 0 Å². The SMILES string of the molecule is COc1ccc(-c2ccc(-c3nnc(-c4ccc(C(=O)On5nnc6ccccc65)cc4)o3)cc2)cc1. The molecule has 6 aromatic rings. The standard InChI is InChI=1S/C28H19N5O4/c1-35-23-16-14-19(15-17-23)18-6-8-20(9-7-18)26-30-31-27(36-26)21-10-12-22(13-11-21)28(34)37-33-25-5-3-2-4-24(25)29-32-33/h2-17H,1H3. The largest absolute Gasteiger partial charge is 0.497 e. The summed E-state index contributed by atoms with van der Waals surface area (Å²) in [6.45, 7) is 0. The summed E-state index contributed by atoms with van der Waals surface area (Å²) in [4.78, 5) is 19.1. The molecule has 6 rings (SSSR count). The number of carbonyl (C=O) groups excluding carboxylic acids is 1. The second kappa shape index (κ2) is 9.38. The molecular weight excluding hydrogens is 470 g/mol. The highest BCUT2D eigenvalue weighted by molar-refractivity contribution is 5.90. The molecule has 2 aromatic heterocycles. The normalized spacial score (nSPS) is 10.9. The predicted octanol–water partition coefficient (Wildman–Crippen LogP) is 5.09. The molecule has 0 fully saturated rings. The van der Waals surface area contributed by atoms with Crippen LogP contribution in [0.3, 0.4) is 0 Å². The van der Waals surface area contributed by atoms with Gasteiger partial charge in [-0.25, -0.2) is 4.79 Å². The van der Waals surface area contributed by atoms with E-state index in [0.717, 1.165) is 27.3 Å². The van der Waals surface area contributed by atoms with Gasteiger partial charge >= 0.3 is 5.97 Å². The molecule has 0 unspecified atom stereocenters. The van der Waals surface area contributed by atoms with Crippen LogP contribution in [0.25, 0.3) is 45.1 Å². The van der Waals surface area contributed by atoms with E-state index < -0.39 is 5.97 Å². The first-order chi connectivity index (χ1) is 18.2. The Kier molecular flexibility index (Phi) is 5.62. The number of nitrogens with zero attached hydrogens (tertiary/aromatic N) is 5. The van der Waals surface area contributed by atoms with Crippen LogP contribution < -0.4 is 9.57 Å². The lowest BCUT2D eigenvalue weighted by molar-refractivity contribution is 0.0409. The third kappa shape index (κ3) is 4.41. The molecule has 0 radical (unpaired) electrons. The highest BCUT2D eigenvalue weighted by atomic mass is 16.7. The first kappa shape index (κ1) is 22.2. The molecular formula is C28H19N5O4. The summed E-state index contributed by atoms with van der Waals surface area (Å²) in [5.74, 6) is 0.993. The number of aromatic nitrogens is 5. The van der Waals surface area contributed by atoms with E-state index >= 15 is 0 Å². The van der Waals surface area contributed by atoms with Crippen molar-refractivity contribution in [3.05, 3.63) is 103 Å². The predicted molar refractivity (Wildman–Crippen MR) is 136 cm³/mol. The van der Waals surface area contributed by atoms with Gasteiger partial charge in [0.1, 0.15) is 16.8 Å². The highest BCUT2D eigenvalue weighted by Crippen LogP contribution is 2.28. The fourth-order valence-electron chi connectivity index (χ4n) is 3.84. The lowest BCUT2D eigenvalue weighted by atomic mass is 10.0. The zero-order chi connectivity index (χ0) is 25.2. The van der Waals surface area contributed by atoms with Gasteiger partial charge in [0.05, 0.1) is 12.7 Å². The van der Waals surface area contributed by atoms with E-state index in [1.54, 1.807) is 43.5 Å². The number of hydrogen-bond donors (Lipinski definition) is 0. The number of hydrogen-bond acceptors (Lipinski definition) is 8. The topological polar surface area (TPSA) is 105 Å². The minimum atomic E-state index is -0.564. The van der Waals surface area contributed by atoms with Crippen LogP contribution in [0.2, 0.25) is 0 Å². The number of para-hydroxylation sites is 1. The molecule has 2 heterocycles. The minimum Gasteiger partial charge on any atom is -0.497 e.